The third-order valence-electron chi connectivity index (χ3n) is 5.39. The zero-order valence-corrected chi connectivity index (χ0v) is 20.5. The van der Waals surface area contributed by atoms with Crippen molar-refractivity contribution in [3.05, 3.63) is 114 Å². The van der Waals surface area contributed by atoms with Crippen molar-refractivity contribution in [3.8, 4) is 11.1 Å². The number of aliphatic hydroxyl groups is 1. The number of aliphatic hydroxyl groups excluding tert-OH is 1. The quantitative estimate of drug-likeness (QED) is 0.175. The van der Waals surface area contributed by atoms with E-state index in [0.717, 1.165) is 22.3 Å². The minimum atomic E-state index is -0.732. The fraction of sp³-hybridized carbons (Fsp3) is 0.133. The van der Waals surface area contributed by atoms with Crippen molar-refractivity contribution >= 4 is 29.3 Å². The molecule has 184 valence electrons. The molecule has 0 bridgehead atoms. The molecule has 2 amide bonds. The molecule has 0 saturated carbocycles. The van der Waals surface area contributed by atoms with Crippen LogP contribution in [-0.2, 0) is 16.1 Å². The summed E-state index contributed by atoms with van der Waals surface area (Å²) in [5.74, 6) is -0.433. The van der Waals surface area contributed by atoms with Crippen LogP contribution >= 0.6 is 0 Å². The molecule has 0 aliphatic heterocycles. The van der Waals surface area contributed by atoms with Gasteiger partial charge in [-0.25, -0.2) is 0 Å². The molecule has 0 spiro atoms. The van der Waals surface area contributed by atoms with E-state index in [9.17, 15) is 14.7 Å². The first-order valence-corrected chi connectivity index (χ1v) is 11.5. The summed E-state index contributed by atoms with van der Waals surface area (Å²) >= 11 is 0. The van der Waals surface area contributed by atoms with Crippen LogP contribution in [0.5, 0.6) is 0 Å². The zero-order chi connectivity index (χ0) is 26.1. The second-order valence-electron chi connectivity index (χ2n) is 8.58. The van der Waals surface area contributed by atoms with Gasteiger partial charge in [-0.15, -0.1) is 0 Å². The highest BCUT2D eigenvalue weighted by atomic mass is 16.3. The van der Waals surface area contributed by atoms with E-state index in [1.807, 2.05) is 72.8 Å². The molecule has 0 aromatic heterocycles. The van der Waals surface area contributed by atoms with Crippen molar-refractivity contribution < 1.29 is 14.7 Å². The Balaban J connectivity index is 1.52. The van der Waals surface area contributed by atoms with Gasteiger partial charge in [0.05, 0.1) is 0 Å². The molecule has 1 atom stereocenters. The van der Waals surface area contributed by atoms with E-state index in [2.05, 4.69) is 29.1 Å². The number of hydrogen-bond acceptors (Lipinski definition) is 4. The first kappa shape index (κ1) is 26.3. The van der Waals surface area contributed by atoms with Crippen LogP contribution in [0.3, 0.4) is 0 Å². The summed E-state index contributed by atoms with van der Waals surface area (Å²) in [6, 6.07) is 22.8. The summed E-state index contributed by atoms with van der Waals surface area (Å²) in [6.07, 6.45) is 2.51. The second kappa shape index (κ2) is 12.4. The number of nitrogens with one attached hydrogen (secondary N) is 3. The molecule has 3 aromatic carbocycles. The highest BCUT2D eigenvalue weighted by Crippen LogP contribution is 2.23. The molecule has 0 radical (unpaired) electrons. The van der Waals surface area contributed by atoms with Gasteiger partial charge in [0, 0.05) is 29.6 Å². The highest BCUT2D eigenvalue weighted by Gasteiger charge is 2.05. The number of hydrogen-bond donors (Lipinski definition) is 4. The van der Waals surface area contributed by atoms with E-state index in [-0.39, 0.29) is 11.8 Å². The molecule has 4 N–H and O–H groups in total. The van der Waals surface area contributed by atoms with E-state index in [1.165, 1.54) is 6.08 Å². The average Bonchev–Trinajstić information content (AvgIpc) is 2.87. The van der Waals surface area contributed by atoms with Crippen molar-refractivity contribution in [1.29, 1.82) is 0 Å². The SMILES string of the molecule is C=C(C)C(=O)Nc1ccc(-c2ccc(NC(=O)/C=C/c3ccc(CNC(O)C(=C)C)cc3)cc2)cc1. The third-order valence-corrected chi connectivity index (χ3v) is 5.39. The maximum atomic E-state index is 12.3. The molecular formula is C30H31N3O3. The van der Waals surface area contributed by atoms with E-state index >= 15 is 0 Å². The zero-order valence-electron chi connectivity index (χ0n) is 20.5. The Kier molecular flexibility index (Phi) is 9.11. The van der Waals surface area contributed by atoms with Crippen molar-refractivity contribution in [1.82, 2.24) is 5.32 Å². The second-order valence-corrected chi connectivity index (χ2v) is 8.58. The summed E-state index contributed by atoms with van der Waals surface area (Å²) in [7, 11) is 0. The smallest absolute Gasteiger partial charge is 0.250 e. The summed E-state index contributed by atoms with van der Waals surface area (Å²) in [4.78, 5) is 24.1. The standard InChI is InChI=1S/C30H31N3O3/c1-20(2)29(35)31-19-23-7-5-22(6-8-23)9-18-28(34)32-26-14-10-24(11-15-26)25-12-16-27(17-13-25)33-30(36)21(3)4/h5-18,29,31,35H,1,3,19H2,2,4H3,(H,32,34)(H,33,36)/b18-9+. The molecular weight excluding hydrogens is 450 g/mol. The number of amides is 2. The lowest BCUT2D eigenvalue weighted by Gasteiger charge is -2.12. The molecule has 36 heavy (non-hydrogen) atoms. The molecule has 3 aromatic rings. The Hall–Kier alpha value is -4.26. The van der Waals surface area contributed by atoms with Crippen LogP contribution in [0.1, 0.15) is 25.0 Å². The third kappa shape index (κ3) is 7.91. The van der Waals surface area contributed by atoms with Gasteiger partial charge < -0.3 is 15.7 Å². The summed E-state index contributed by atoms with van der Waals surface area (Å²) < 4.78 is 0. The van der Waals surface area contributed by atoms with Crippen LogP contribution < -0.4 is 16.0 Å². The van der Waals surface area contributed by atoms with Gasteiger partial charge >= 0.3 is 0 Å². The number of carbonyl (C=O) groups excluding carboxylic acids is 2. The molecule has 6 nitrogen and oxygen atoms in total. The van der Waals surface area contributed by atoms with E-state index in [4.69, 9.17) is 0 Å². The Labute approximate surface area is 212 Å². The maximum Gasteiger partial charge on any atom is 0.250 e. The van der Waals surface area contributed by atoms with E-state index < -0.39 is 6.23 Å². The number of benzene rings is 3. The Morgan fingerprint density at radius 3 is 1.86 bits per heavy atom. The topological polar surface area (TPSA) is 90.5 Å². The monoisotopic (exact) mass is 481 g/mol. The first-order chi connectivity index (χ1) is 17.2. The fourth-order valence-corrected chi connectivity index (χ4v) is 3.22. The van der Waals surface area contributed by atoms with E-state index in [1.54, 1.807) is 19.9 Å². The van der Waals surface area contributed by atoms with Crippen LogP contribution in [0.2, 0.25) is 0 Å². The molecule has 3 rings (SSSR count). The first-order valence-electron chi connectivity index (χ1n) is 11.5. The van der Waals surface area contributed by atoms with Gasteiger partial charge in [0.25, 0.3) is 5.91 Å². The predicted octanol–water partition coefficient (Wildman–Crippen LogP) is 5.50. The minimum Gasteiger partial charge on any atom is -0.375 e. The maximum absolute atomic E-state index is 12.3. The summed E-state index contributed by atoms with van der Waals surface area (Å²) in [5.41, 5.74) is 6.41. The molecule has 0 aliphatic carbocycles. The molecule has 0 fully saturated rings. The lowest BCUT2D eigenvalue weighted by Crippen LogP contribution is -2.28. The lowest BCUT2D eigenvalue weighted by atomic mass is 10.0. The number of rotatable bonds is 10. The summed E-state index contributed by atoms with van der Waals surface area (Å²) in [5, 5.41) is 18.4. The molecule has 1 unspecified atom stereocenters. The van der Waals surface area contributed by atoms with Gasteiger partial charge in [0.15, 0.2) is 0 Å². The van der Waals surface area contributed by atoms with Gasteiger partial charge in [-0.3, -0.25) is 14.9 Å². The highest BCUT2D eigenvalue weighted by molar-refractivity contribution is 6.03. The van der Waals surface area contributed by atoms with Crippen molar-refractivity contribution in [2.24, 2.45) is 0 Å². The van der Waals surface area contributed by atoms with Gasteiger partial charge in [-0.2, -0.15) is 0 Å². The van der Waals surface area contributed by atoms with Crippen LogP contribution in [0.25, 0.3) is 17.2 Å². The van der Waals surface area contributed by atoms with Gasteiger partial charge in [0.1, 0.15) is 6.23 Å². The van der Waals surface area contributed by atoms with Gasteiger partial charge in [0.2, 0.25) is 5.91 Å². The lowest BCUT2D eigenvalue weighted by molar-refractivity contribution is -0.113. The van der Waals surface area contributed by atoms with Crippen molar-refractivity contribution in [2.45, 2.75) is 26.6 Å². The Bertz CT molecular complexity index is 1260. The molecule has 0 saturated heterocycles. The Morgan fingerprint density at radius 1 is 0.833 bits per heavy atom. The Morgan fingerprint density at radius 2 is 1.36 bits per heavy atom. The van der Waals surface area contributed by atoms with Gasteiger partial charge in [-0.05, 0) is 72.0 Å². The summed E-state index contributed by atoms with van der Waals surface area (Å²) in [6.45, 7) is 11.3. The normalized spacial score (nSPS) is 11.6. The van der Waals surface area contributed by atoms with Crippen molar-refractivity contribution in [3.63, 3.8) is 0 Å². The molecule has 0 heterocycles. The van der Waals surface area contributed by atoms with Gasteiger partial charge in [-0.1, -0.05) is 61.7 Å². The molecule has 6 heteroatoms. The van der Waals surface area contributed by atoms with Crippen LogP contribution in [0.15, 0.2) is 103 Å². The van der Waals surface area contributed by atoms with Crippen LogP contribution in [0.4, 0.5) is 11.4 Å². The largest absolute Gasteiger partial charge is 0.375 e. The molecule has 0 aliphatic rings. The average molecular weight is 482 g/mol. The predicted molar refractivity (Wildman–Crippen MR) is 147 cm³/mol. The van der Waals surface area contributed by atoms with Crippen LogP contribution in [0, 0.1) is 0 Å². The van der Waals surface area contributed by atoms with Crippen LogP contribution in [-0.4, -0.2) is 23.1 Å². The van der Waals surface area contributed by atoms with Crippen molar-refractivity contribution in [2.75, 3.05) is 10.6 Å². The fourth-order valence-electron chi connectivity index (χ4n) is 3.22. The number of carbonyl (C=O) groups is 2. The minimum absolute atomic E-state index is 0.207. The number of anilines is 2. The van der Waals surface area contributed by atoms with E-state index in [0.29, 0.717) is 29.1 Å².